The Balaban J connectivity index is 0.000000308. The van der Waals surface area contributed by atoms with E-state index in [1.165, 1.54) is 19.7 Å². The molecule has 0 radical (unpaired) electrons. The minimum Gasteiger partial charge on any atom is -0.447 e. The molecule has 3 aromatic rings. The number of aryl methyl sites for hydroxylation is 2. The van der Waals surface area contributed by atoms with Gasteiger partial charge >= 0.3 is 16.3 Å². The minimum absolute atomic E-state index is 0.0270. The number of aromatic nitrogens is 2. The van der Waals surface area contributed by atoms with E-state index in [4.69, 9.17) is 21.6 Å². The average Bonchev–Trinajstić information content (AvgIpc) is 3.29. The van der Waals surface area contributed by atoms with Crippen molar-refractivity contribution in [3.05, 3.63) is 76.2 Å². The van der Waals surface area contributed by atoms with Gasteiger partial charge in [-0.1, -0.05) is 85.1 Å². The van der Waals surface area contributed by atoms with Crippen molar-refractivity contribution < 1.29 is 22.7 Å². The minimum atomic E-state index is -3.91. The molecule has 0 aliphatic heterocycles. The molecule has 1 unspecified atom stereocenters. The zero-order valence-electron chi connectivity index (χ0n) is 26.5. The predicted molar refractivity (Wildman–Crippen MR) is 171 cm³/mol. The predicted octanol–water partition coefficient (Wildman–Crippen LogP) is 5.37. The number of amides is 2. The molecule has 1 aromatic heterocycles. The molecule has 2 atom stereocenters. The lowest BCUT2D eigenvalue weighted by atomic mass is 10.0. The number of alkyl carbamates (subject to hydrolysis) is 1. The van der Waals surface area contributed by atoms with Crippen molar-refractivity contribution >= 4 is 33.8 Å². The van der Waals surface area contributed by atoms with E-state index in [1.807, 2.05) is 71.0 Å². The maximum absolute atomic E-state index is 12.5. The van der Waals surface area contributed by atoms with E-state index in [-0.39, 0.29) is 40.6 Å². The zero-order valence-corrected chi connectivity index (χ0v) is 28.1. The lowest BCUT2D eigenvalue weighted by Crippen LogP contribution is -2.50. The summed E-state index contributed by atoms with van der Waals surface area (Å²) in [6.07, 6.45) is -0.797. The van der Waals surface area contributed by atoms with Crippen LogP contribution in [-0.2, 0) is 19.7 Å². The second kappa shape index (κ2) is 15.7. The van der Waals surface area contributed by atoms with Crippen molar-refractivity contribution in [2.24, 2.45) is 5.92 Å². The van der Waals surface area contributed by atoms with E-state index < -0.39 is 22.3 Å². The van der Waals surface area contributed by atoms with Crippen LogP contribution >= 0.6 is 11.6 Å². The molecule has 13 heteroatoms. The highest BCUT2D eigenvalue weighted by Crippen LogP contribution is 2.31. The molecule has 0 saturated heterocycles. The molecule has 1 heterocycles. The Bertz CT molecular complexity index is 1580. The van der Waals surface area contributed by atoms with Gasteiger partial charge in [-0.05, 0) is 46.1 Å². The fourth-order valence-corrected chi connectivity index (χ4v) is 5.31. The molecule has 0 aliphatic rings. The van der Waals surface area contributed by atoms with Gasteiger partial charge in [0, 0.05) is 19.7 Å². The molecule has 0 bridgehead atoms. The van der Waals surface area contributed by atoms with Gasteiger partial charge in [0.2, 0.25) is 11.7 Å². The summed E-state index contributed by atoms with van der Waals surface area (Å²) in [5, 5.41) is 14.7. The quantitative estimate of drug-likeness (QED) is 0.318. The molecule has 11 nitrogen and oxygen atoms in total. The van der Waals surface area contributed by atoms with Gasteiger partial charge in [-0.25, -0.2) is 9.78 Å². The Kier molecular flexibility index (Phi) is 12.9. The van der Waals surface area contributed by atoms with Crippen molar-refractivity contribution in [1.82, 2.24) is 23.9 Å². The topological polar surface area (TPSA) is 146 Å². The molecule has 0 saturated carbocycles. The number of halogens is 1. The van der Waals surface area contributed by atoms with Gasteiger partial charge in [0.15, 0.2) is 5.15 Å². The first-order chi connectivity index (χ1) is 20.5. The first-order valence-electron chi connectivity index (χ1n) is 14.0. The number of nitrogens with zero attached hydrogens (tertiary/aromatic N) is 4. The van der Waals surface area contributed by atoms with Gasteiger partial charge in [0.25, 0.3) is 0 Å². The highest BCUT2D eigenvalue weighted by atomic mass is 35.5. The van der Waals surface area contributed by atoms with E-state index in [2.05, 4.69) is 15.6 Å². The Morgan fingerprint density at radius 2 is 1.48 bits per heavy atom. The third kappa shape index (κ3) is 9.54. The Morgan fingerprint density at radius 3 is 1.93 bits per heavy atom. The van der Waals surface area contributed by atoms with Crippen molar-refractivity contribution in [3.8, 4) is 17.3 Å². The lowest BCUT2D eigenvalue weighted by molar-refractivity contribution is -0.124. The van der Waals surface area contributed by atoms with E-state index in [9.17, 15) is 18.0 Å². The third-order valence-electron chi connectivity index (χ3n) is 6.41. The number of imidazole rings is 1. The summed E-state index contributed by atoms with van der Waals surface area (Å²) in [4.78, 5) is 28.1. The molecule has 0 spiro atoms. The van der Waals surface area contributed by atoms with Gasteiger partial charge in [-0.15, -0.1) is 0 Å². The van der Waals surface area contributed by atoms with Crippen molar-refractivity contribution in [1.29, 1.82) is 5.26 Å². The number of benzene rings is 2. The molecule has 44 heavy (non-hydrogen) atoms. The van der Waals surface area contributed by atoms with Gasteiger partial charge in [-0.2, -0.15) is 22.0 Å². The SMILES string of the molecule is Cc1ccc(-c2c(Cl)nc(C#N)n2S(=O)(=O)N(C)C)cc1.Cc1ccc([C@H](C)NC(=O)C(NC(=O)OC(C)C)C(C)C)cc1. The van der Waals surface area contributed by atoms with Crippen LogP contribution in [0.4, 0.5) is 4.79 Å². The number of hydrogen-bond donors (Lipinski definition) is 2. The summed E-state index contributed by atoms with van der Waals surface area (Å²) >= 11 is 6.05. The fourth-order valence-electron chi connectivity index (χ4n) is 3.94. The molecule has 0 fully saturated rings. The Morgan fingerprint density at radius 1 is 0.955 bits per heavy atom. The highest BCUT2D eigenvalue weighted by molar-refractivity contribution is 7.87. The molecule has 3 rings (SSSR count). The maximum atomic E-state index is 12.5. The summed E-state index contributed by atoms with van der Waals surface area (Å²) in [7, 11) is -1.15. The number of hydrogen-bond acceptors (Lipinski definition) is 7. The average molecular weight is 645 g/mol. The Labute approximate surface area is 265 Å². The normalized spacial score (nSPS) is 12.6. The van der Waals surface area contributed by atoms with Gasteiger partial charge < -0.3 is 15.4 Å². The van der Waals surface area contributed by atoms with E-state index >= 15 is 0 Å². The van der Waals surface area contributed by atoms with Crippen molar-refractivity contribution in [3.63, 3.8) is 0 Å². The number of ether oxygens (including phenoxy) is 1. The number of rotatable bonds is 9. The van der Waals surface area contributed by atoms with Crippen LogP contribution in [0.1, 0.15) is 63.2 Å². The second-order valence-electron chi connectivity index (χ2n) is 11.1. The smallest absolute Gasteiger partial charge is 0.408 e. The number of nitrogens with one attached hydrogen (secondary N) is 2. The summed E-state index contributed by atoms with van der Waals surface area (Å²) in [5.41, 5.74) is 3.98. The van der Waals surface area contributed by atoms with Gasteiger partial charge in [-0.3, -0.25) is 4.79 Å². The highest BCUT2D eigenvalue weighted by Gasteiger charge is 2.29. The fraction of sp³-hybridized carbons (Fsp3) is 0.419. The van der Waals surface area contributed by atoms with E-state index in [1.54, 1.807) is 32.0 Å². The van der Waals surface area contributed by atoms with E-state index in [0.717, 1.165) is 19.4 Å². The van der Waals surface area contributed by atoms with Crippen LogP contribution in [0.5, 0.6) is 0 Å². The van der Waals surface area contributed by atoms with E-state index in [0.29, 0.717) is 5.56 Å². The van der Waals surface area contributed by atoms with Crippen LogP contribution in [0.2, 0.25) is 5.15 Å². The van der Waals surface area contributed by atoms with Crippen LogP contribution in [-0.4, -0.2) is 59.9 Å². The standard InChI is InChI=1S/C18H28N2O3.C13H13ClN4O2S/c1-11(2)16(20-18(22)23-12(3)4)17(21)19-14(6)15-9-7-13(5)8-10-15;1-9-4-6-10(7-5-9)12-13(14)16-11(8-15)18(12)21(19,20)17(2)3/h7-12,14,16H,1-6H3,(H,19,21)(H,20,22);4-7H,1-3H3/t14-,16?;/m0./s1. The lowest BCUT2D eigenvalue weighted by Gasteiger charge is -2.24. The molecule has 238 valence electrons. The first-order valence-corrected chi connectivity index (χ1v) is 15.8. The second-order valence-corrected chi connectivity index (χ2v) is 13.4. The largest absolute Gasteiger partial charge is 0.447 e. The zero-order chi connectivity index (χ0) is 33.4. The monoisotopic (exact) mass is 644 g/mol. The summed E-state index contributed by atoms with van der Waals surface area (Å²) in [5.74, 6) is -0.530. The van der Waals surface area contributed by atoms with Crippen LogP contribution in [0.25, 0.3) is 11.3 Å². The van der Waals surface area contributed by atoms with Crippen molar-refractivity contribution in [2.75, 3.05) is 14.1 Å². The van der Waals surface area contributed by atoms with Gasteiger partial charge in [0.1, 0.15) is 17.8 Å². The molecule has 2 aromatic carbocycles. The summed E-state index contributed by atoms with van der Waals surface area (Å²) in [6.45, 7) is 13.2. The number of nitriles is 1. The van der Waals surface area contributed by atoms with Crippen LogP contribution < -0.4 is 10.6 Å². The van der Waals surface area contributed by atoms with Crippen LogP contribution in [0.15, 0.2) is 48.5 Å². The first kappa shape index (κ1) is 36.3. The number of carbonyl (C=O) groups excluding carboxylic acids is 2. The molecular weight excluding hydrogens is 604 g/mol. The van der Waals surface area contributed by atoms with Crippen LogP contribution in [0.3, 0.4) is 0 Å². The Hall–Kier alpha value is -3.92. The van der Waals surface area contributed by atoms with Gasteiger partial charge in [0.05, 0.1) is 12.1 Å². The molecule has 2 N–H and O–H groups in total. The number of carbonyl (C=O) groups is 2. The molecular formula is C31H41ClN6O5S. The molecule has 2 amide bonds. The summed E-state index contributed by atoms with van der Waals surface area (Å²) in [6, 6.07) is 16.1. The third-order valence-corrected chi connectivity index (χ3v) is 8.42. The molecule has 0 aliphatic carbocycles. The van der Waals surface area contributed by atoms with Crippen LogP contribution in [0, 0.1) is 31.1 Å². The maximum Gasteiger partial charge on any atom is 0.408 e. The van der Waals surface area contributed by atoms with Crippen molar-refractivity contribution in [2.45, 2.75) is 66.7 Å². The summed E-state index contributed by atoms with van der Waals surface area (Å²) < 4.78 is 31.8.